The molecule has 7 nitrogen and oxygen atoms in total. The minimum atomic E-state index is -0.444. The third kappa shape index (κ3) is 4.21. The quantitative estimate of drug-likeness (QED) is 0.339. The Hall–Kier alpha value is -3.15. The zero-order valence-electron chi connectivity index (χ0n) is 20.2. The van der Waals surface area contributed by atoms with Crippen LogP contribution in [-0.4, -0.2) is 28.1 Å². The highest BCUT2D eigenvalue weighted by molar-refractivity contribution is 14.1. The first-order chi connectivity index (χ1) is 17.2. The van der Waals surface area contributed by atoms with E-state index < -0.39 is 11.6 Å². The number of benzene rings is 2. The van der Waals surface area contributed by atoms with Gasteiger partial charge in [0.1, 0.15) is 17.5 Å². The van der Waals surface area contributed by atoms with Crippen LogP contribution in [0, 0.1) is 22.1 Å². The smallest absolute Gasteiger partial charge is 0.329 e. The van der Waals surface area contributed by atoms with Crippen molar-refractivity contribution in [2.75, 3.05) is 22.1 Å². The van der Waals surface area contributed by atoms with Crippen molar-refractivity contribution in [2.24, 2.45) is 7.05 Å². The summed E-state index contributed by atoms with van der Waals surface area (Å²) in [5, 5.41) is 6.10. The molecule has 0 bridgehead atoms. The van der Waals surface area contributed by atoms with E-state index >= 15 is 0 Å². The third-order valence-corrected chi connectivity index (χ3v) is 7.30. The van der Waals surface area contributed by atoms with E-state index in [1.165, 1.54) is 27.7 Å². The molecule has 2 aromatic carbocycles. The lowest BCUT2D eigenvalue weighted by atomic mass is 10.0. The number of carbonyl (C=O) groups is 1. The fourth-order valence-corrected chi connectivity index (χ4v) is 5.13. The molecular weight excluding hydrogens is 579 g/mol. The molecule has 2 heterocycles. The molecule has 0 spiro atoms. The summed E-state index contributed by atoms with van der Waals surface area (Å²) >= 11 is 2.04. The molecule has 1 fully saturated rings. The molecule has 5 rings (SSSR count). The Morgan fingerprint density at radius 1 is 1.06 bits per heavy atom. The monoisotopic (exact) mass is 605 g/mol. The van der Waals surface area contributed by atoms with Crippen LogP contribution in [0.5, 0.6) is 0 Å². The van der Waals surface area contributed by atoms with Crippen molar-refractivity contribution in [3.8, 4) is 0 Å². The molecule has 0 radical (unpaired) electrons. The fourth-order valence-electron chi connectivity index (χ4n) is 4.68. The molecule has 2 N–H and O–H groups in total. The van der Waals surface area contributed by atoms with Crippen molar-refractivity contribution in [3.05, 3.63) is 73.1 Å². The Labute approximate surface area is 221 Å². The Morgan fingerprint density at radius 3 is 2.47 bits per heavy atom. The standard InChI is InChI=1S/C26H26F2IN5O2/c1-4-30-22-12-17(8-9-19(22)27)34-23-14(2)25(35)32(3)24(31-21-10-5-15(29)11-20(21)28)18(23)13-33(26(34)36)16-6-7-16/h5,8-12,16,30-31H,4,6-7,13H2,1-3H3. The first kappa shape index (κ1) is 24.5. The summed E-state index contributed by atoms with van der Waals surface area (Å²) in [5.74, 6) is -0.459. The van der Waals surface area contributed by atoms with Crippen LogP contribution in [0.3, 0.4) is 0 Å². The van der Waals surface area contributed by atoms with E-state index in [4.69, 9.17) is 0 Å². The number of urea groups is 1. The van der Waals surface area contributed by atoms with E-state index in [2.05, 4.69) is 10.6 Å². The molecule has 3 aromatic rings. The number of halogens is 3. The van der Waals surface area contributed by atoms with Gasteiger partial charge in [-0.3, -0.25) is 14.3 Å². The van der Waals surface area contributed by atoms with Crippen molar-refractivity contribution >= 4 is 57.2 Å². The molecule has 0 saturated heterocycles. The van der Waals surface area contributed by atoms with E-state index in [9.17, 15) is 18.4 Å². The van der Waals surface area contributed by atoms with Crippen molar-refractivity contribution in [1.82, 2.24) is 9.47 Å². The zero-order valence-corrected chi connectivity index (χ0v) is 22.3. The van der Waals surface area contributed by atoms with Gasteiger partial charge in [0.25, 0.3) is 5.56 Å². The van der Waals surface area contributed by atoms with Crippen LogP contribution in [0.4, 0.5) is 42.1 Å². The van der Waals surface area contributed by atoms with Crippen LogP contribution in [0.25, 0.3) is 0 Å². The minimum absolute atomic E-state index is 0.0854. The number of hydrogen-bond acceptors (Lipinski definition) is 4. The van der Waals surface area contributed by atoms with Crippen LogP contribution in [-0.2, 0) is 13.6 Å². The van der Waals surface area contributed by atoms with Gasteiger partial charge in [-0.05, 0) is 85.7 Å². The second-order valence-corrected chi connectivity index (χ2v) is 10.3. The Balaban J connectivity index is 1.73. The summed E-state index contributed by atoms with van der Waals surface area (Å²) in [7, 11) is 1.63. The summed E-state index contributed by atoms with van der Waals surface area (Å²) in [6.07, 6.45) is 1.78. The van der Waals surface area contributed by atoms with Crippen molar-refractivity contribution in [3.63, 3.8) is 0 Å². The van der Waals surface area contributed by atoms with Gasteiger partial charge in [-0.15, -0.1) is 0 Å². The van der Waals surface area contributed by atoms with Crippen molar-refractivity contribution in [1.29, 1.82) is 0 Å². The molecule has 1 aromatic heterocycles. The number of fused-ring (bicyclic) bond motifs is 1. The van der Waals surface area contributed by atoms with Gasteiger partial charge in [0.2, 0.25) is 0 Å². The molecule has 10 heteroatoms. The topological polar surface area (TPSA) is 69.6 Å². The number of hydrogen-bond donors (Lipinski definition) is 2. The maximum Gasteiger partial charge on any atom is 0.329 e. The van der Waals surface area contributed by atoms with E-state index in [0.29, 0.717) is 34.9 Å². The molecule has 0 unspecified atom stereocenters. The van der Waals surface area contributed by atoms with Gasteiger partial charge in [-0.25, -0.2) is 13.6 Å². The van der Waals surface area contributed by atoms with Crippen LogP contribution < -0.4 is 21.1 Å². The molecule has 2 amide bonds. The van der Waals surface area contributed by atoms with Gasteiger partial charge < -0.3 is 15.5 Å². The van der Waals surface area contributed by atoms with Gasteiger partial charge >= 0.3 is 6.03 Å². The molecule has 0 atom stereocenters. The number of pyridine rings is 1. The average molecular weight is 605 g/mol. The lowest BCUT2D eigenvalue weighted by Crippen LogP contribution is -2.47. The van der Waals surface area contributed by atoms with E-state index in [0.717, 1.165) is 16.4 Å². The normalized spacial score (nSPS) is 15.2. The molecule has 36 heavy (non-hydrogen) atoms. The molecule has 1 aliphatic heterocycles. The van der Waals surface area contributed by atoms with Crippen molar-refractivity contribution < 1.29 is 13.6 Å². The second-order valence-electron chi connectivity index (χ2n) is 9.09. The highest BCUT2D eigenvalue weighted by Gasteiger charge is 2.42. The minimum Gasteiger partial charge on any atom is -0.383 e. The first-order valence-corrected chi connectivity index (χ1v) is 12.9. The van der Waals surface area contributed by atoms with E-state index in [1.54, 1.807) is 37.1 Å². The maximum absolute atomic E-state index is 14.8. The van der Waals surface area contributed by atoms with Crippen LogP contribution in [0.2, 0.25) is 0 Å². The van der Waals surface area contributed by atoms with Gasteiger partial charge in [0.15, 0.2) is 0 Å². The average Bonchev–Trinajstić information content (AvgIpc) is 3.68. The Bertz CT molecular complexity index is 1440. The Morgan fingerprint density at radius 2 is 1.81 bits per heavy atom. The lowest BCUT2D eigenvalue weighted by molar-refractivity contribution is 0.198. The Kier molecular flexibility index (Phi) is 6.39. The summed E-state index contributed by atoms with van der Waals surface area (Å²) in [6, 6.07) is 9.07. The van der Waals surface area contributed by atoms with Crippen LogP contribution in [0.15, 0.2) is 41.2 Å². The van der Waals surface area contributed by atoms with Crippen LogP contribution >= 0.6 is 22.6 Å². The number of nitrogens with one attached hydrogen (secondary N) is 2. The largest absolute Gasteiger partial charge is 0.383 e. The predicted octanol–water partition coefficient (Wildman–Crippen LogP) is 5.99. The van der Waals surface area contributed by atoms with Gasteiger partial charge in [-0.1, -0.05) is 0 Å². The van der Waals surface area contributed by atoms with Crippen LogP contribution in [0.1, 0.15) is 30.9 Å². The van der Waals surface area contributed by atoms with E-state index in [-0.39, 0.29) is 35.6 Å². The molecule has 188 valence electrons. The van der Waals surface area contributed by atoms with E-state index in [1.807, 2.05) is 29.5 Å². The molecular formula is C26H26F2IN5O2. The van der Waals surface area contributed by atoms with Crippen molar-refractivity contribution in [2.45, 2.75) is 39.3 Å². The molecule has 2 aliphatic rings. The summed E-state index contributed by atoms with van der Waals surface area (Å²) < 4.78 is 31.4. The summed E-state index contributed by atoms with van der Waals surface area (Å²) in [6.45, 7) is 4.32. The number of anilines is 5. The molecule has 1 saturated carbocycles. The summed E-state index contributed by atoms with van der Waals surface area (Å²) in [5.41, 5.74) is 2.18. The highest BCUT2D eigenvalue weighted by Crippen LogP contribution is 2.44. The first-order valence-electron chi connectivity index (χ1n) is 11.8. The SMILES string of the molecule is CCNc1cc(N2C(=O)N(C3CC3)Cc3c2c(C)c(=O)n(C)c3Nc2ccc(I)cc2F)ccc1F. The molecule has 1 aliphatic carbocycles. The van der Waals surface area contributed by atoms with Gasteiger partial charge in [0, 0.05) is 34.3 Å². The fraction of sp³-hybridized carbons (Fsp3) is 0.308. The van der Waals surface area contributed by atoms with Gasteiger partial charge in [0.05, 0.1) is 29.3 Å². The summed E-state index contributed by atoms with van der Waals surface area (Å²) in [4.78, 5) is 30.4. The predicted molar refractivity (Wildman–Crippen MR) is 145 cm³/mol. The highest BCUT2D eigenvalue weighted by atomic mass is 127. The number of rotatable bonds is 6. The lowest BCUT2D eigenvalue weighted by Gasteiger charge is -2.39. The maximum atomic E-state index is 14.8. The number of carbonyl (C=O) groups excluding carboxylic acids is 1. The zero-order chi connectivity index (χ0) is 25.7. The number of aromatic nitrogens is 1. The second kappa shape index (κ2) is 9.38. The third-order valence-electron chi connectivity index (χ3n) is 6.62. The number of amides is 2. The van der Waals surface area contributed by atoms with Gasteiger partial charge in [-0.2, -0.15) is 0 Å². The number of nitrogens with zero attached hydrogens (tertiary/aromatic N) is 3.